The van der Waals surface area contributed by atoms with Gasteiger partial charge in [0.05, 0.1) is 11.0 Å². The van der Waals surface area contributed by atoms with E-state index in [1.54, 1.807) is 30.3 Å². The predicted molar refractivity (Wildman–Crippen MR) is 77.8 cm³/mol. The number of hydrogen-bond acceptors (Lipinski definition) is 3. The molecule has 3 nitrogen and oxygen atoms in total. The van der Waals surface area contributed by atoms with E-state index >= 15 is 0 Å². The minimum Gasteiger partial charge on any atom is -0.387 e. The Hall–Kier alpha value is -1.36. The van der Waals surface area contributed by atoms with Crippen LogP contribution >= 0.6 is 22.9 Å². The standard InChI is InChI=1S/C14H14ClNO2S/c1-9-6-7-13(19-9)14(18)16-8-12(17)10-4-2-3-5-11(10)15/h2-7,12,17H,8H2,1H3,(H,16,18). The Labute approximate surface area is 120 Å². The van der Waals surface area contributed by atoms with Gasteiger partial charge < -0.3 is 10.4 Å². The molecule has 1 atom stereocenters. The Morgan fingerprint density at radius 2 is 2.11 bits per heavy atom. The van der Waals surface area contributed by atoms with Gasteiger partial charge in [-0.3, -0.25) is 4.79 Å². The lowest BCUT2D eigenvalue weighted by atomic mass is 10.1. The van der Waals surface area contributed by atoms with Crippen LogP contribution in [-0.4, -0.2) is 17.6 Å². The molecule has 0 fully saturated rings. The summed E-state index contributed by atoms with van der Waals surface area (Å²) in [6, 6.07) is 10.7. The maximum Gasteiger partial charge on any atom is 0.261 e. The zero-order valence-electron chi connectivity index (χ0n) is 10.4. The summed E-state index contributed by atoms with van der Waals surface area (Å²) in [4.78, 5) is 13.6. The monoisotopic (exact) mass is 295 g/mol. The maximum absolute atomic E-state index is 11.8. The van der Waals surface area contributed by atoms with E-state index < -0.39 is 6.10 Å². The first kappa shape index (κ1) is 14.1. The highest BCUT2D eigenvalue weighted by atomic mass is 35.5. The highest BCUT2D eigenvalue weighted by molar-refractivity contribution is 7.13. The third-order valence-corrected chi connectivity index (χ3v) is 4.03. The van der Waals surface area contributed by atoms with Crippen molar-refractivity contribution >= 4 is 28.8 Å². The van der Waals surface area contributed by atoms with Gasteiger partial charge in [-0.15, -0.1) is 11.3 Å². The van der Waals surface area contributed by atoms with Crippen molar-refractivity contribution in [1.82, 2.24) is 5.32 Å². The lowest BCUT2D eigenvalue weighted by Crippen LogP contribution is -2.27. The highest BCUT2D eigenvalue weighted by Crippen LogP contribution is 2.22. The van der Waals surface area contributed by atoms with Gasteiger partial charge >= 0.3 is 0 Å². The second kappa shape index (κ2) is 6.19. The normalized spacial score (nSPS) is 12.2. The number of benzene rings is 1. The third kappa shape index (κ3) is 3.56. The molecule has 0 aliphatic rings. The van der Waals surface area contributed by atoms with Gasteiger partial charge in [-0.25, -0.2) is 0 Å². The molecule has 1 aromatic carbocycles. The molecule has 1 aromatic heterocycles. The molecule has 100 valence electrons. The van der Waals surface area contributed by atoms with Crippen LogP contribution in [-0.2, 0) is 0 Å². The largest absolute Gasteiger partial charge is 0.387 e. The summed E-state index contributed by atoms with van der Waals surface area (Å²) >= 11 is 7.41. The van der Waals surface area contributed by atoms with Crippen molar-refractivity contribution < 1.29 is 9.90 Å². The Bertz CT molecular complexity index is 582. The Morgan fingerprint density at radius 1 is 1.37 bits per heavy atom. The summed E-state index contributed by atoms with van der Waals surface area (Å²) in [6.07, 6.45) is -0.807. The number of carbonyl (C=O) groups is 1. The van der Waals surface area contributed by atoms with E-state index in [1.165, 1.54) is 11.3 Å². The summed E-state index contributed by atoms with van der Waals surface area (Å²) in [7, 11) is 0. The van der Waals surface area contributed by atoms with Crippen molar-refractivity contribution in [2.75, 3.05) is 6.54 Å². The van der Waals surface area contributed by atoms with Gasteiger partial charge in [0.2, 0.25) is 0 Å². The van der Waals surface area contributed by atoms with Crippen molar-refractivity contribution in [3.05, 3.63) is 56.7 Å². The van der Waals surface area contributed by atoms with E-state index in [9.17, 15) is 9.90 Å². The van der Waals surface area contributed by atoms with Crippen LogP contribution in [0.3, 0.4) is 0 Å². The molecule has 1 unspecified atom stereocenters. The maximum atomic E-state index is 11.8. The smallest absolute Gasteiger partial charge is 0.261 e. The van der Waals surface area contributed by atoms with E-state index in [0.29, 0.717) is 15.5 Å². The van der Waals surface area contributed by atoms with Gasteiger partial charge in [0, 0.05) is 22.0 Å². The van der Waals surface area contributed by atoms with Gasteiger partial charge in [-0.1, -0.05) is 29.8 Å². The quantitative estimate of drug-likeness (QED) is 0.910. The molecular formula is C14H14ClNO2S. The predicted octanol–water partition coefficient (Wildman–Crippen LogP) is 3.17. The molecule has 19 heavy (non-hydrogen) atoms. The molecule has 2 N–H and O–H groups in total. The first-order valence-corrected chi connectivity index (χ1v) is 7.04. The summed E-state index contributed by atoms with van der Waals surface area (Å²) in [6.45, 7) is 2.08. The Kier molecular flexibility index (Phi) is 4.58. The van der Waals surface area contributed by atoms with E-state index in [-0.39, 0.29) is 12.5 Å². The number of rotatable bonds is 4. The fourth-order valence-corrected chi connectivity index (χ4v) is 2.73. The minimum absolute atomic E-state index is 0.138. The molecule has 1 heterocycles. The summed E-state index contributed by atoms with van der Waals surface area (Å²) in [5.74, 6) is -0.177. The number of aryl methyl sites for hydroxylation is 1. The number of amides is 1. The number of halogens is 1. The fraction of sp³-hybridized carbons (Fsp3) is 0.214. The first-order valence-electron chi connectivity index (χ1n) is 5.85. The molecule has 0 radical (unpaired) electrons. The number of nitrogens with one attached hydrogen (secondary N) is 1. The van der Waals surface area contributed by atoms with Crippen LogP contribution in [0.1, 0.15) is 26.2 Å². The summed E-state index contributed by atoms with van der Waals surface area (Å²) in [5.41, 5.74) is 0.617. The van der Waals surface area contributed by atoms with Crippen LogP contribution in [0.15, 0.2) is 36.4 Å². The Morgan fingerprint density at radius 3 is 2.74 bits per heavy atom. The first-order chi connectivity index (χ1) is 9.08. The van der Waals surface area contributed by atoms with Crippen molar-refractivity contribution in [2.24, 2.45) is 0 Å². The zero-order valence-corrected chi connectivity index (χ0v) is 12.0. The topological polar surface area (TPSA) is 49.3 Å². The van der Waals surface area contributed by atoms with Crippen LogP contribution in [0.5, 0.6) is 0 Å². The molecule has 0 spiro atoms. The molecule has 0 aliphatic carbocycles. The summed E-state index contributed by atoms with van der Waals surface area (Å²) in [5, 5.41) is 13.2. The van der Waals surface area contributed by atoms with Crippen LogP contribution < -0.4 is 5.32 Å². The third-order valence-electron chi connectivity index (χ3n) is 2.68. The van der Waals surface area contributed by atoms with E-state index in [1.807, 2.05) is 13.0 Å². The zero-order chi connectivity index (χ0) is 13.8. The highest BCUT2D eigenvalue weighted by Gasteiger charge is 2.13. The molecule has 0 aliphatic heterocycles. The van der Waals surface area contributed by atoms with E-state index in [0.717, 1.165) is 4.88 Å². The van der Waals surface area contributed by atoms with Crippen molar-refractivity contribution in [2.45, 2.75) is 13.0 Å². The van der Waals surface area contributed by atoms with E-state index in [2.05, 4.69) is 5.32 Å². The van der Waals surface area contributed by atoms with Crippen LogP contribution in [0.4, 0.5) is 0 Å². The van der Waals surface area contributed by atoms with Crippen molar-refractivity contribution in [3.63, 3.8) is 0 Å². The van der Waals surface area contributed by atoms with Crippen LogP contribution in [0.25, 0.3) is 0 Å². The Balaban J connectivity index is 1.96. The fourth-order valence-electron chi connectivity index (χ4n) is 1.69. The number of hydrogen-bond donors (Lipinski definition) is 2. The SMILES string of the molecule is Cc1ccc(C(=O)NCC(O)c2ccccc2Cl)s1. The lowest BCUT2D eigenvalue weighted by Gasteiger charge is -2.13. The molecule has 0 bridgehead atoms. The number of aliphatic hydroxyl groups excluding tert-OH is 1. The van der Waals surface area contributed by atoms with Gasteiger partial charge in [-0.2, -0.15) is 0 Å². The number of carbonyl (C=O) groups excluding carboxylic acids is 1. The van der Waals surface area contributed by atoms with E-state index in [4.69, 9.17) is 11.6 Å². The van der Waals surface area contributed by atoms with Crippen molar-refractivity contribution in [3.8, 4) is 0 Å². The molecule has 0 saturated heterocycles. The van der Waals surface area contributed by atoms with Crippen LogP contribution in [0, 0.1) is 6.92 Å². The average Bonchev–Trinajstić information content (AvgIpc) is 2.83. The van der Waals surface area contributed by atoms with Gasteiger partial charge in [0.25, 0.3) is 5.91 Å². The van der Waals surface area contributed by atoms with Gasteiger partial charge in [0.1, 0.15) is 0 Å². The average molecular weight is 296 g/mol. The second-order valence-corrected chi connectivity index (χ2v) is 5.85. The molecular weight excluding hydrogens is 282 g/mol. The number of aliphatic hydroxyl groups is 1. The van der Waals surface area contributed by atoms with Crippen molar-refractivity contribution in [1.29, 1.82) is 0 Å². The molecule has 5 heteroatoms. The molecule has 2 aromatic rings. The summed E-state index contributed by atoms with van der Waals surface area (Å²) < 4.78 is 0. The van der Waals surface area contributed by atoms with Gasteiger partial charge in [-0.05, 0) is 25.1 Å². The second-order valence-electron chi connectivity index (χ2n) is 4.16. The minimum atomic E-state index is -0.807. The lowest BCUT2D eigenvalue weighted by molar-refractivity contribution is 0.0920. The molecule has 2 rings (SSSR count). The molecule has 0 saturated carbocycles. The number of thiophene rings is 1. The van der Waals surface area contributed by atoms with Gasteiger partial charge in [0.15, 0.2) is 0 Å². The molecule has 1 amide bonds. The van der Waals surface area contributed by atoms with Crippen LogP contribution in [0.2, 0.25) is 5.02 Å².